The zero-order valence-electron chi connectivity index (χ0n) is 15.6. The maximum atomic E-state index is 12.7. The third kappa shape index (κ3) is 3.68. The first-order valence-corrected chi connectivity index (χ1v) is 10.1. The average Bonchev–Trinajstić information content (AvgIpc) is 3.19. The molecule has 2 heterocycles. The third-order valence-electron chi connectivity index (χ3n) is 4.61. The van der Waals surface area contributed by atoms with Gasteiger partial charge in [-0.05, 0) is 31.0 Å². The van der Waals surface area contributed by atoms with Crippen molar-refractivity contribution in [3.63, 3.8) is 0 Å². The zero-order valence-corrected chi connectivity index (χ0v) is 16.4. The molecule has 1 aromatic heterocycles. The van der Waals surface area contributed by atoms with Crippen LogP contribution in [-0.2, 0) is 11.2 Å². The van der Waals surface area contributed by atoms with Gasteiger partial charge in [-0.2, -0.15) is 0 Å². The second kappa shape index (κ2) is 7.94. The molecule has 0 saturated heterocycles. The van der Waals surface area contributed by atoms with Gasteiger partial charge in [-0.1, -0.05) is 37.3 Å². The molecule has 1 aliphatic rings. The molecular weight excluding hydrogens is 372 g/mol. The fraction of sp³-hybridized carbons (Fsp3) is 0.227. The van der Waals surface area contributed by atoms with Gasteiger partial charge < -0.3 is 4.74 Å². The van der Waals surface area contributed by atoms with Gasteiger partial charge in [0.05, 0.1) is 22.9 Å². The summed E-state index contributed by atoms with van der Waals surface area (Å²) in [5, 5.41) is 3.12. The lowest BCUT2D eigenvalue weighted by Gasteiger charge is -2.29. The van der Waals surface area contributed by atoms with E-state index in [1.807, 2.05) is 41.8 Å². The summed E-state index contributed by atoms with van der Waals surface area (Å²) in [4.78, 5) is 31.3. The van der Waals surface area contributed by atoms with E-state index in [0.29, 0.717) is 17.0 Å². The number of Topliss-reactive ketones (excluding diaryl/α,β-unsaturated/α-hetero) is 1. The highest BCUT2D eigenvalue weighted by Crippen LogP contribution is 2.36. The van der Waals surface area contributed by atoms with Crippen molar-refractivity contribution in [3.8, 4) is 17.0 Å². The van der Waals surface area contributed by atoms with Gasteiger partial charge in [0.1, 0.15) is 5.75 Å². The first-order valence-electron chi connectivity index (χ1n) is 9.26. The van der Waals surface area contributed by atoms with Gasteiger partial charge in [-0.3, -0.25) is 14.5 Å². The number of ether oxygens (including phenoxy) is 1. The Morgan fingerprint density at radius 1 is 1.21 bits per heavy atom. The number of aromatic nitrogens is 1. The van der Waals surface area contributed by atoms with Crippen LogP contribution in [0.3, 0.4) is 0 Å². The SMILES string of the molecule is CCCc1nc(-c2ccc3c(c2)N(CC(=O)c2ccccc2)C(=O)CO3)cs1. The number of rotatable bonds is 6. The van der Waals surface area contributed by atoms with Gasteiger partial charge in [-0.25, -0.2) is 4.98 Å². The summed E-state index contributed by atoms with van der Waals surface area (Å²) in [5.74, 6) is 0.276. The van der Waals surface area contributed by atoms with E-state index in [4.69, 9.17) is 4.74 Å². The summed E-state index contributed by atoms with van der Waals surface area (Å²) in [6.07, 6.45) is 2.00. The van der Waals surface area contributed by atoms with Gasteiger partial charge in [0.25, 0.3) is 5.91 Å². The van der Waals surface area contributed by atoms with Crippen molar-refractivity contribution in [2.75, 3.05) is 18.1 Å². The van der Waals surface area contributed by atoms with Crippen LogP contribution >= 0.6 is 11.3 Å². The maximum Gasteiger partial charge on any atom is 0.265 e. The molecule has 5 nitrogen and oxygen atoms in total. The maximum absolute atomic E-state index is 12.7. The third-order valence-corrected chi connectivity index (χ3v) is 5.52. The van der Waals surface area contributed by atoms with Gasteiger partial charge in [-0.15, -0.1) is 11.3 Å². The number of benzene rings is 2. The van der Waals surface area contributed by atoms with E-state index >= 15 is 0 Å². The fourth-order valence-electron chi connectivity index (χ4n) is 3.17. The zero-order chi connectivity index (χ0) is 19.5. The molecule has 1 aliphatic heterocycles. The van der Waals surface area contributed by atoms with E-state index in [1.54, 1.807) is 23.5 Å². The molecule has 3 aromatic rings. The summed E-state index contributed by atoms with van der Waals surface area (Å²) in [6, 6.07) is 14.7. The van der Waals surface area contributed by atoms with Gasteiger partial charge in [0.15, 0.2) is 12.4 Å². The quantitative estimate of drug-likeness (QED) is 0.585. The van der Waals surface area contributed by atoms with E-state index in [1.165, 1.54) is 4.90 Å². The van der Waals surface area contributed by atoms with Crippen molar-refractivity contribution in [1.29, 1.82) is 0 Å². The second-order valence-corrected chi connectivity index (χ2v) is 7.56. The lowest BCUT2D eigenvalue weighted by atomic mass is 10.1. The number of ketones is 1. The van der Waals surface area contributed by atoms with Gasteiger partial charge in [0.2, 0.25) is 0 Å². The van der Waals surface area contributed by atoms with Gasteiger partial charge in [0, 0.05) is 16.5 Å². The first kappa shape index (κ1) is 18.4. The number of carbonyl (C=O) groups excluding carboxylic acids is 2. The highest BCUT2D eigenvalue weighted by Gasteiger charge is 2.28. The van der Waals surface area contributed by atoms with Crippen molar-refractivity contribution in [2.24, 2.45) is 0 Å². The number of amides is 1. The Morgan fingerprint density at radius 2 is 2.04 bits per heavy atom. The van der Waals surface area contributed by atoms with Crippen molar-refractivity contribution in [3.05, 3.63) is 64.5 Å². The summed E-state index contributed by atoms with van der Waals surface area (Å²) in [5.41, 5.74) is 2.99. The molecule has 28 heavy (non-hydrogen) atoms. The Labute approximate surface area is 167 Å². The molecule has 0 N–H and O–H groups in total. The molecular formula is C22H20N2O3S. The molecule has 2 aromatic carbocycles. The topological polar surface area (TPSA) is 59.5 Å². The normalized spacial score (nSPS) is 13.2. The minimum Gasteiger partial charge on any atom is -0.482 e. The second-order valence-electron chi connectivity index (χ2n) is 6.62. The predicted molar refractivity (Wildman–Crippen MR) is 110 cm³/mol. The van der Waals surface area contributed by atoms with E-state index in [9.17, 15) is 9.59 Å². The lowest BCUT2D eigenvalue weighted by Crippen LogP contribution is -2.42. The molecule has 0 aliphatic carbocycles. The monoisotopic (exact) mass is 392 g/mol. The minimum atomic E-state index is -0.223. The standard InChI is InChI=1S/C22H20N2O3S/c1-2-6-21-23-17(14-28-21)16-9-10-20-18(11-16)24(22(26)13-27-20)12-19(25)15-7-4-3-5-8-15/h3-5,7-11,14H,2,6,12-13H2,1H3. The molecule has 0 fully saturated rings. The van der Waals surface area contributed by atoms with Crippen molar-refractivity contribution in [1.82, 2.24) is 4.98 Å². The number of hydrogen-bond acceptors (Lipinski definition) is 5. The van der Waals surface area contributed by atoms with Gasteiger partial charge >= 0.3 is 0 Å². The highest BCUT2D eigenvalue weighted by molar-refractivity contribution is 7.09. The largest absolute Gasteiger partial charge is 0.482 e. The predicted octanol–water partition coefficient (Wildman–Crippen LogP) is 4.37. The van der Waals surface area contributed by atoms with Crippen molar-refractivity contribution >= 4 is 28.7 Å². The molecule has 0 bridgehead atoms. The Kier molecular flexibility index (Phi) is 5.21. The van der Waals surface area contributed by atoms with Crippen LogP contribution in [0.25, 0.3) is 11.3 Å². The van der Waals surface area contributed by atoms with Crippen LogP contribution in [0.4, 0.5) is 5.69 Å². The van der Waals surface area contributed by atoms with Crippen LogP contribution in [0.1, 0.15) is 28.7 Å². The molecule has 0 atom stereocenters. The van der Waals surface area contributed by atoms with E-state index in [-0.39, 0.29) is 24.8 Å². The van der Waals surface area contributed by atoms with E-state index < -0.39 is 0 Å². The Hall–Kier alpha value is -2.99. The highest BCUT2D eigenvalue weighted by atomic mass is 32.1. The first-order chi connectivity index (χ1) is 13.7. The number of anilines is 1. The molecule has 142 valence electrons. The summed E-state index contributed by atoms with van der Waals surface area (Å²) in [6.45, 7) is 2.05. The van der Waals surface area contributed by atoms with Crippen molar-refractivity contribution in [2.45, 2.75) is 19.8 Å². The van der Waals surface area contributed by atoms with Crippen molar-refractivity contribution < 1.29 is 14.3 Å². The summed E-state index contributed by atoms with van der Waals surface area (Å²) < 4.78 is 5.57. The Morgan fingerprint density at radius 3 is 2.82 bits per heavy atom. The van der Waals surface area contributed by atoms with E-state index in [2.05, 4.69) is 11.9 Å². The fourth-order valence-corrected chi connectivity index (χ4v) is 4.08. The van der Waals surface area contributed by atoms with Crippen LogP contribution in [-0.4, -0.2) is 29.8 Å². The molecule has 0 radical (unpaired) electrons. The molecule has 6 heteroatoms. The smallest absolute Gasteiger partial charge is 0.265 e. The molecule has 0 saturated carbocycles. The molecule has 1 amide bonds. The van der Waals surface area contributed by atoms with Crippen LogP contribution in [0.5, 0.6) is 5.75 Å². The number of fused-ring (bicyclic) bond motifs is 1. The van der Waals surface area contributed by atoms with Crippen LogP contribution in [0.15, 0.2) is 53.9 Å². The molecule has 0 spiro atoms. The van der Waals surface area contributed by atoms with Crippen LogP contribution in [0, 0.1) is 0 Å². The number of carbonyl (C=O) groups is 2. The number of aryl methyl sites for hydroxylation is 1. The summed E-state index contributed by atoms with van der Waals surface area (Å²) >= 11 is 1.64. The van der Waals surface area contributed by atoms with Crippen LogP contribution < -0.4 is 9.64 Å². The Balaban J connectivity index is 1.65. The van der Waals surface area contributed by atoms with E-state index in [0.717, 1.165) is 29.1 Å². The number of nitrogens with zero attached hydrogens (tertiary/aromatic N) is 2. The Bertz CT molecular complexity index is 1010. The average molecular weight is 392 g/mol. The minimum absolute atomic E-state index is 0.0131. The lowest BCUT2D eigenvalue weighted by molar-refractivity contribution is -0.121. The molecule has 4 rings (SSSR count). The number of hydrogen-bond donors (Lipinski definition) is 0. The number of thiazole rings is 1. The van der Waals surface area contributed by atoms with Crippen LogP contribution in [0.2, 0.25) is 0 Å². The molecule has 0 unspecified atom stereocenters. The summed E-state index contributed by atoms with van der Waals surface area (Å²) in [7, 11) is 0.